The van der Waals surface area contributed by atoms with Crippen LogP contribution in [0.15, 0.2) is 33.5 Å². The van der Waals surface area contributed by atoms with Crippen molar-refractivity contribution in [3.05, 3.63) is 40.5 Å². The molecule has 0 aromatic carbocycles. The highest BCUT2D eigenvalue weighted by Crippen LogP contribution is 2.38. The molecule has 3 rings (SSSR count). The van der Waals surface area contributed by atoms with E-state index in [9.17, 15) is 13.0 Å². The van der Waals surface area contributed by atoms with E-state index in [0.29, 0.717) is 10.6 Å². The Kier molecular flexibility index (Phi) is 6.09. The maximum absolute atomic E-state index is 14.5. The molecule has 2 atom stereocenters. The van der Waals surface area contributed by atoms with Crippen molar-refractivity contribution in [1.82, 2.24) is 9.29 Å². The number of hydrogen-bond donors (Lipinski definition) is 1. The number of halogens is 2. The van der Waals surface area contributed by atoms with Crippen molar-refractivity contribution in [3.8, 4) is 10.4 Å². The van der Waals surface area contributed by atoms with Gasteiger partial charge in [0.2, 0.25) is 5.96 Å². The molecule has 0 fully saturated rings. The van der Waals surface area contributed by atoms with Crippen molar-refractivity contribution in [2.24, 2.45) is 20.9 Å². The van der Waals surface area contributed by atoms with Crippen LogP contribution in [0.3, 0.4) is 0 Å². The molecule has 2 aromatic heterocycles. The van der Waals surface area contributed by atoms with Crippen LogP contribution in [0.25, 0.3) is 10.4 Å². The maximum atomic E-state index is 14.5. The third-order valence-electron chi connectivity index (χ3n) is 3.84. The number of rotatable bonds is 6. The average molecular weight is 426 g/mol. The minimum atomic E-state index is -1.41. The zero-order chi connectivity index (χ0) is 20.3. The molecule has 1 aliphatic rings. The molecule has 0 saturated heterocycles. The van der Waals surface area contributed by atoms with Crippen molar-refractivity contribution in [1.29, 1.82) is 0 Å². The molecule has 0 radical (unpaired) electrons. The van der Waals surface area contributed by atoms with E-state index < -0.39 is 28.7 Å². The number of guanidine groups is 1. The number of thiophene rings is 1. The van der Waals surface area contributed by atoms with Gasteiger partial charge in [-0.3, -0.25) is 9.29 Å². The number of aromatic nitrogens is 1. The summed E-state index contributed by atoms with van der Waals surface area (Å²) in [6.07, 6.45) is 2.12. The van der Waals surface area contributed by atoms with Crippen LogP contribution in [0, 0.1) is 11.6 Å². The Morgan fingerprint density at radius 2 is 2.29 bits per heavy atom. The van der Waals surface area contributed by atoms with Gasteiger partial charge in [0.25, 0.3) is 0 Å². The van der Waals surface area contributed by atoms with Gasteiger partial charge >= 0.3 is 0 Å². The fourth-order valence-electron chi connectivity index (χ4n) is 2.45. The molecule has 3 heterocycles. The molecule has 2 aromatic rings. The third-order valence-corrected chi connectivity index (χ3v) is 6.49. The molecule has 28 heavy (non-hydrogen) atoms. The summed E-state index contributed by atoms with van der Waals surface area (Å²) in [5.41, 5.74) is 6.33. The van der Waals surface area contributed by atoms with Crippen molar-refractivity contribution in [2.75, 3.05) is 12.8 Å². The molecular weight excluding hydrogens is 410 g/mol. The maximum Gasteiger partial charge on any atom is 0.203 e. The van der Waals surface area contributed by atoms with E-state index in [2.05, 4.69) is 26.9 Å². The van der Waals surface area contributed by atoms with Crippen molar-refractivity contribution >= 4 is 41.4 Å². The number of ether oxygens (including phenoxy) is 1. The molecule has 12 heteroatoms. The second-order valence-electron chi connectivity index (χ2n) is 5.64. The number of pyridine rings is 1. The fourth-order valence-corrected chi connectivity index (χ4v) is 4.64. The summed E-state index contributed by atoms with van der Waals surface area (Å²) in [4.78, 5) is 8.72. The number of nitrogens with zero attached hydrogens (tertiary/aromatic N) is 5. The normalized spacial score (nSPS) is 19.7. The van der Waals surface area contributed by atoms with Crippen LogP contribution >= 0.6 is 11.3 Å². The number of aliphatic imine (C=N–C) groups is 1. The second kappa shape index (κ2) is 8.52. The van der Waals surface area contributed by atoms with Crippen LogP contribution in [0.4, 0.5) is 8.78 Å². The molecule has 2 N–H and O–H groups in total. The number of nitrogens with two attached hydrogens (primary N) is 1. The molecular formula is C16H16F2N6O2S2. The Bertz CT molecular complexity index is 978. The second-order valence-corrected chi connectivity index (χ2v) is 8.25. The lowest BCUT2D eigenvalue weighted by Crippen LogP contribution is -2.41. The summed E-state index contributed by atoms with van der Waals surface area (Å²) < 4.78 is 47.3. The zero-order valence-corrected chi connectivity index (χ0v) is 16.3. The minimum Gasteiger partial charge on any atom is -0.475 e. The van der Waals surface area contributed by atoms with Gasteiger partial charge in [0.15, 0.2) is 6.40 Å². The van der Waals surface area contributed by atoms with Crippen LogP contribution in [0.5, 0.6) is 0 Å². The summed E-state index contributed by atoms with van der Waals surface area (Å²) in [7, 11) is 0.138. The van der Waals surface area contributed by atoms with Gasteiger partial charge in [0, 0.05) is 24.2 Å². The summed E-state index contributed by atoms with van der Waals surface area (Å²) in [6.45, 7) is 3.20. The lowest BCUT2D eigenvalue weighted by Gasteiger charge is -2.25. The van der Waals surface area contributed by atoms with Crippen LogP contribution < -0.4 is 5.73 Å². The molecule has 0 bridgehead atoms. The summed E-state index contributed by atoms with van der Waals surface area (Å²) >= 11 is 1.03. The standard InChI is InChI=1S/C16H16F2N6O2S2/c1-20-22-8-26-6-9-3-10(12(18)5-21-9)14-4-11(17)15(27-14)13-7-28(25)24(2)16(19)23-13/h3-5,8,13H,1,6-7H2,2H3,(H2,19,23)/b22-8-. The lowest BCUT2D eigenvalue weighted by atomic mass is 10.2. The van der Waals surface area contributed by atoms with E-state index in [-0.39, 0.29) is 28.8 Å². The van der Waals surface area contributed by atoms with E-state index >= 15 is 0 Å². The van der Waals surface area contributed by atoms with Crippen molar-refractivity contribution in [3.63, 3.8) is 0 Å². The van der Waals surface area contributed by atoms with Gasteiger partial charge in [0.1, 0.15) is 35.3 Å². The highest BCUT2D eigenvalue weighted by molar-refractivity contribution is 7.83. The lowest BCUT2D eigenvalue weighted by molar-refractivity contribution is 0.301. The summed E-state index contributed by atoms with van der Waals surface area (Å²) in [5.74, 6) is -0.994. The van der Waals surface area contributed by atoms with Crippen LogP contribution in [0.1, 0.15) is 16.6 Å². The van der Waals surface area contributed by atoms with E-state index in [4.69, 9.17) is 10.5 Å². The molecule has 2 unspecified atom stereocenters. The highest BCUT2D eigenvalue weighted by Gasteiger charge is 2.29. The minimum absolute atomic E-state index is 0.0295. The van der Waals surface area contributed by atoms with Gasteiger partial charge in [-0.1, -0.05) is 0 Å². The molecule has 0 saturated carbocycles. The SMILES string of the molecule is C=N/N=C\OCc1cc(-c2cc(F)c(C3CS(=O)N(C)C(N)=N3)s2)c(F)cn1. The smallest absolute Gasteiger partial charge is 0.203 e. The largest absolute Gasteiger partial charge is 0.475 e. The quantitative estimate of drug-likeness (QED) is 0.434. The summed E-state index contributed by atoms with van der Waals surface area (Å²) in [6, 6.07) is 1.99. The van der Waals surface area contributed by atoms with Crippen molar-refractivity contribution in [2.45, 2.75) is 12.6 Å². The molecule has 8 nitrogen and oxygen atoms in total. The van der Waals surface area contributed by atoms with E-state index in [1.807, 2.05) is 0 Å². The van der Waals surface area contributed by atoms with E-state index in [1.54, 1.807) is 7.05 Å². The topological polar surface area (TPSA) is 106 Å². The average Bonchev–Trinajstić information content (AvgIpc) is 3.05. The Morgan fingerprint density at radius 1 is 1.50 bits per heavy atom. The monoisotopic (exact) mass is 426 g/mol. The van der Waals surface area contributed by atoms with E-state index in [0.717, 1.165) is 23.9 Å². The first-order chi connectivity index (χ1) is 13.4. The molecule has 0 spiro atoms. The predicted octanol–water partition coefficient (Wildman–Crippen LogP) is 2.21. The third kappa shape index (κ3) is 4.22. The van der Waals surface area contributed by atoms with Gasteiger partial charge in [0.05, 0.1) is 22.5 Å². The summed E-state index contributed by atoms with van der Waals surface area (Å²) in [5, 5.41) is 6.68. The van der Waals surface area contributed by atoms with E-state index in [1.165, 1.54) is 16.4 Å². The predicted molar refractivity (Wildman–Crippen MR) is 105 cm³/mol. The van der Waals surface area contributed by atoms with Crippen molar-refractivity contribution < 1.29 is 17.7 Å². The zero-order valence-electron chi connectivity index (χ0n) is 14.7. The molecule has 1 aliphatic heterocycles. The Balaban J connectivity index is 1.89. The van der Waals surface area contributed by atoms with Crippen LogP contribution in [0.2, 0.25) is 0 Å². The first kappa shape index (κ1) is 20.0. The van der Waals surface area contributed by atoms with Crippen LogP contribution in [-0.4, -0.2) is 45.4 Å². The first-order valence-electron chi connectivity index (χ1n) is 7.89. The van der Waals surface area contributed by atoms with Gasteiger partial charge in [-0.15, -0.1) is 16.4 Å². The molecule has 0 amide bonds. The molecule has 148 valence electrons. The highest BCUT2D eigenvalue weighted by atomic mass is 32.2. The molecule has 0 aliphatic carbocycles. The van der Waals surface area contributed by atoms with Gasteiger partial charge in [-0.25, -0.2) is 18.0 Å². The van der Waals surface area contributed by atoms with Crippen LogP contribution in [-0.2, 0) is 22.3 Å². The van der Waals surface area contributed by atoms with Gasteiger partial charge in [-0.05, 0) is 12.1 Å². The Hall–Kier alpha value is -2.73. The first-order valence-corrected chi connectivity index (χ1v) is 9.98. The Labute approximate surface area is 166 Å². The Morgan fingerprint density at radius 3 is 3.00 bits per heavy atom. The fraction of sp³-hybridized carbons (Fsp3) is 0.250. The van der Waals surface area contributed by atoms with Gasteiger partial charge < -0.3 is 10.5 Å². The number of hydrogen-bond acceptors (Lipinski definition) is 8. The van der Waals surface area contributed by atoms with Gasteiger partial charge in [-0.2, -0.15) is 5.10 Å².